The van der Waals surface area contributed by atoms with Crippen molar-refractivity contribution >= 4 is 52.5 Å². The van der Waals surface area contributed by atoms with Gasteiger partial charge in [0.2, 0.25) is 11.8 Å². The largest absolute Gasteiger partial charge is 0.332 e. The summed E-state index contributed by atoms with van der Waals surface area (Å²) in [4.78, 5) is 38.8. The lowest BCUT2D eigenvalue weighted by Crippen LogP contribution is -2.35. The van der Waals surface area contributed by atoms with Crippen molar-refractivity contribution in [2.24, 2.45) is 0 Å². The third-order valence-electron chi connectivity index (χ3n) is 3.94. The van der Waals surface area contributed by atoms with Gasteiger partial charge in [0.25, 0.3) is 5.91 Å². The van der Waals surface area contributed by atoms with Gasteiger partial charge in [0.05, 0.1) is 12.2 Å². The molecule has 27 heavy (non-hydrogen) atoms. The number of anilines is 2. The first-order valence-corrected chi connectivity index (χ1v) is 9.66. The number of amides is 3. The molecule has 0 bridgehead atoms. The van der Waals surface area contributed by atoms with Gasteiger partial charge in [0.1, 0.15) is 0 Å². The molecule has 1 aliphatic heterocycles. The summed E-state index contributed by atoms with van der Waals surface area (Å²) in [5.74, 6) is 0.0255. The molecule has 0 aliphatic carbocycles. The highest BCUT2D eigenvalue weighted by atomic mass is 35.5. The molecule has 0 aromatic heterocycles. The minimum Gasteiger partial charge on any atom is -0.332 e. The number of fused-ring (bicyclic) bond motifs is 1. The molecule has 3 amide bonds. The second-order valence-electron chi connectivity index (χ2n) is 6.07. The fraction of sp³-hybridized carbons (Fsp3) is 0.211. The second-order valence-corrected chi connectivity index (χ2v) is 7.65. The summed E-state index contributed by atoms with van der Waals surface area (Å²) >= 11 is 7.39. The normalized spacial score (nSPS) is 13.2. The number of nitrogens with one attached hydrogen (secondary N) is 2. The molecule has 0 atom stereocenters. The van der Waals surface area contributed by atoms with Crippen LogP contribution in [-0.4, -0.2) is 42.0 Å². The molecular formula is C19H18ClN3O3S. The van der Waals surface area contributed by atoms with Crippen molar-refractivity contribution in [1.29, 1.82) is 0 Å². The van der Waals surface area contributed by atoms with Crippen LogP contribution in [0.15, 0.2) is 47.4 Å². The Morgan fingerprint density at radius 2 is 1.96 bits per heavy atom. The fourth-order valence-corrected chi connectivity index (χ4v) is 3.66. The summed E-state index contributed by atoms with van der Waals surface area (Å²) in [6, 6.07) is 11.9. The first-order chi connectivity index (χ1) is 12.9. The molecule has 6 nitrogen and oxygen atoms in total. The van der Waals surface area contributed by atoms with Gasteiger partial charge >= 0.3 is 0 Å². The maximum atomic E-state index is 12.6. The van der Waals surface area contributed by atoms with Crippen molar-refractivity contribution in [3.63, 3.8) is 0 Å². The average Bonchev–Trinajstić information content (AvgIpc) is 2.82. The molecular weight excluding hydrogens is 386 g/mol. The third-order valence-corrected chi connectivity index (χ3v) is 5.27. The molecule has 0 radical (unpaired) electrons. The summed E-state index contributed by atoms with van der Waals surface area (Å²) in [5.41, 5.74) is 1.65. The van der Waals surface area contributed by atoms with Crippen LogP contribution in [0.2, 0.25) is 5.02 Å². The zero-order valence-electron chi connectivity index (χ0n) is 14.6. The van der Waals surface area contributed by atoms with Gasteiger partial charge in [-0.05, 0) is 42.5 Å². The predicted molar refractivity (Wildman–Crippen MR) is 107 cm³/mol. The zero-order valence-corrected chi connectivity index (χ0v) is 16.2. The first kappa shape index (κ1) is 19.3. The molecule has 8 heteroatoms. The highest BCUT2D eigenvalue weighted by molar-refractivity contribution is 7.99. The number of thioether (sulfide) groups is 1. The van der Waals surface area contributed by atoms with E-state index in [1.807, 2.05) is 6.07 Å². The van der Waals surface area contributed by atoms with Crippen LogP contribution in [0.1, 0.15) is 16.8 Å². The van der Waals surface area contributed by atoms with Gasteiger partial charge in [-0.3, -0.25) is 14.4 Å². The maximum absolute atomic E-state index is 12.6. The van der Waals surface area contributed by atoms with Crippen LogP contribution in [-0.2, 0) is 9.59 Å². The SMILES string of the molecule is CN(CC(=O)Nc1ccc(Cl)cc1)C(=O)c1ccc2c(c1)NC(=O)CCS2. The Balaban J connectivity index is 1.65. The molecule has 3 rings (SSSR count). The van der Waals surface area contributed by atoms with Gasteiger partial charge in [-0.2, -0.15) is 0 Å². The molecule has 2 aromatic rings. The number of hydrogen-bond acceptors (Lipinski definition) is 4. The van der Waals surface area contributed by atoms with Crippen molar-refractivity contribution in [2.75, 3.05) is 30.0 Å². The molecule has 0 saturated heterocycles. The van der Waals surface area contributed by atoms with Crippen molar-refractivity contribution < 1.29 is 14.4 Å². The first-order valence-electron chi connectivity index (χ1n) is 8.30. The van der Waals surface area contributed by atoms with Gasteiger partial charge in [0, 0.05) is 40.4 Å². The number of rotatable bonds is 4. The molecule has 1 heterocycles. The quantitative estimate of drug-likeness (QED) is 0.819. The van der Waals surface area contributed by atoms with Crippen LogP contribution in [0.25, 0.3) is 0 Å². The van der Waals surface area contributed by atoms with Gasteiger partial charge in [0.15, 0.2) is 0 Å². The highest BCUT2D eigenvalue weighted by Gasteiger charge is 2.19. The van der Waals surface area contributed by atoms with Crippen molar-refractivity contribution in [2.45, 2.75) is 11.3 Å². The van der Waals surface area contributed by atoms with Gasteiger partial charge in [-0.1, -0.05) is 11.6 Å². The predicted octanol–water partition coefficient (Wildman–Crippen LogP) is 3.49. The van der Waals surface area contributed by atoms with Gasteiger partial charge in [-0.15, -0.1) is 11.8 Å². The number of likely N-dealkylation sites (N-methyl/N-ethyl adjacent to an activating group) is 1. The summed E-state index contributed by atoms with van der Waals surface area (Å²) in [7, 11) is 1.56. The van der Waals surface area contributed by atoms with Crippen LogP contribution < -0.4 is 10.6 Å². The topological polar surface area (TPSA) is 78.5 Å². The van der Waals surface area contributed by atoms with E-state index in [0.717, 1.165) is 4.90 Å². The molecule has 140 valence electrons. The van der Waals surface area contributed by atoms with Crippen LogP contribution in [0.5, 0.6) is 0 Å². The lowest BCUT2D eigenvalue weighted by molar-refractivity contribution is -0.117. The average molecular weight is 404 g/mol. The highest BCUT2D eigenvalue weighted by Crippen LogP contribution is 2.31. The number of nitrogens with zero attached hydrogens (tertiary/aromatic N) is 1. The van der Waals surface area contributed by atoms with E-state index in [0.29, 0.717) is 34.1 Å². The Bertz CT molecular complexity index is 886. The molecule has 0 fully saturated rings. The summed E-state index contributed by atoms with van der Waals surface area (Å²) in [5, 5.41) is 6.11. The van der Waals surface area contributed by atoms with E-state index in [4.69, 9.17) is 11.6 Å². The number of carbonyl (C=O) groups is 3. The zero-order chi connectivity index (χ0) is 19.4. The summed E-state index contributed by atoms with van der Waals surface area (Å²) in [6.45, 7) is -0.0976. The Kier molecular flexibility index (Phi) is 6.03. The summed E-state index contributed by atoms with van der Waals surface area (Å²) in [6.07, 6.45) is 0.438. The third kappa shape index (κ3) is 5.02. The minimum atomic E-state index is -0.313. The van der Waals surface area contributed by atoms with Crippen LogP contribution in [0, 0.1) is 0 Å². The molecule has 1 aliphatic rings. The van der Waals surface area contributed by atoms with Gasteiger partial charge < -0.3 is 15.5 Å². The molecule has 0 unspecified atom stereocenters. The molecule has 0 spiro atoms. The number of hydrogen-bond donors (Lipinski definition) is 2. The lowest BCUT2D eigenvalue weighted by atomic mass is 10.1. The number of carbonyl (C=O) groups excluding carboxylic acids is 3. The van der Waals surface area contributed by atoms with E-state index in [1.54, 1.807) is 55.2 Å². The van der Waals surface area contributed by atoms with Crippen LogP contribution in [0.4, 0.5) is 11.4 Å². The number of halogens is 1. The van der Waals surface area contributed by atoms with Crippen molar-refractivity contribution in [3.05, 3.63) is 53.1 Å². The van der Waals surface area contributed by atoms with E-state index < -0.39 is 0 Å². The minimum absolute atomic E-state index is 0.0680. The lowest BCUT2D eigenvalue weighted by Gasteiger charge is -2.18. The van der Waals surface area contributed by atoms with Gasteiger partial charge in [-0.25, -0.2) is 0 Å². The van der Waals surface area contributed by atoms with E-state index in [2.05, 4.69) is 10.6 Å². The smallest absolute Gasteiger partial charge is 0.254 e. The Labute approximate surface area is 166 Å². The molecule has 0 saturated carbocycles. The van der Waals surface area contributed by atoms with Crippen LogP contribution >= 0.6 is 23.4 Å². The van der Waals surface area contributed by atoms with E-state index in [9.17, 15) is 14.4 Å². The number of benzene rings is 2. The molecule has 2 aromatic carbocycles. The second kappa shape index (κ2) is 8.45. The Morgan fingerprint density at radius 3 is 2.70 bits per heavy atom. The molecule has 2 N–H and O–H groups in total. The summed E-state index contributed by atoms with van der Waals surface area (Å²) < 4.78 is 0. The maximum Gasteiger partial charge on any atom is 0.254 e. The Morgan fingerprint density at radius 1 is 1.22 bits per heavy atom. The van der Waals surface area contributed by atoms with E-state index in [1.165, 1.54) is 4.90 Å². The van der Waals surface area contributed by atoms with Crippen LogP contribution in [0.3, 0.4) is 0 Å². The van der Waals surface area contributed by atoms with E-state index >= 15 is 0 Å². The fourth-order valence-electron chi connectivity index (χ4n) is 2.59. The monoisotopic (exact) mass is 403 g/mol. The van der Waals surface area contributed by atoms with E-state index in [-0.39, 0.29) is 24.3 Å². The standard InChI is InChI=1S/C19H18ClN3O3S/c1-23(11-18(25)21-14-5-3-13(20)4-6-14)19(26)12-2-7-16-15(10-12)22-17(24)8-9-27-16/h2-7,10H,8-9,11H2,1H3,(H,21,25)(H,22,24). The van der Waals surface area contributed by atoms with Crippen molar-refractivity contribution in [1.82, 2.24) is 4.90 Å². The Hall–Kier alpha value is -2.51. The van der Waals surface area contributed by atoms with Crippen molar-refractivity contribution in [3.8, 4) is 0 Å².